The molecule has 1 N–H and O–H groups in total. The van der Waals surface area contributed by atoms with Crippen LogP contribution >= 0.6 is 11.3 Å². The average molecular weight is 288 g/mol. The lowest BCUT2D eigenvalue weighted by Crippen LogP contribution is -2.16. The largest absolute Gasteiger partial charge is 0.259 e. The maximum atomic E-state index is 13.0. The van der Waals surface area contributed by atoms with Gasteiger partial charge in [-0.15, -0.1) is 0 Å². The first-order valence-electron chi connectivity index (χ1n) is 5.57. The van der Waals surface area contributed by atoms with E-state index in [1.54, 1.807) is 0 Å². The zero-order chi connectivity index (χ0) is 13.2. The molecule has 0 aliphatic rings. The summed E-state index contributed by atoms with van der Waals surface area (Å²) >= 11 is 1.13. The standard InChI is InChI=1S/C11H13FN2O2S2/c1-2-3-6-18(15,16)14-11-13-9-5-4-8(12)7-10(9)17-11/h4-5,7H,2-3,6H2,1H3,(H,13,14). The molecule has 0 amide bonds. The molecule has 1 aromatic heterocycles. The van der Waals surface area contributed by atoms with E-state index < -0.39 is 10.0 Å². The lowest BCUT2D eigenvalue weighted by Gasteiger charge is -2.02. The lowest BCUT2D eigenvalue weighted by molar-refractivity contribution is 0.598. The highest BCUT2D eigenvalue weighted by Gasteiger charge is 2.13. The van der Waals surface area contributed by atoms with Crippen LogP contribution in [0.15, 0.2) is 18.2 Å². The van der Waals surface area contributed by atoms with Crippen molar-refractivity contribution < 1.29 is 12.8 Å². The van der Waals surface area contributed by atoms with Gasteiger partial charge < -0.3 is 0 Å². The monoisotopic (exact) mass is 288 g/mol. The van der Waals surface area contributed by atoms with Crippen LogP contribution in [0.5, 0.6) is 0 Å². The van der Waals surface area contributed by atoms with Crippen LogP contribution in [0.25, 0.3) is 10.2 Å². The zero-order valence-electron chi connectivity index (χ0n) is 9.81. The topological polar surface area (TPSA) is 59.1 Å². The molecule has 0 atom stereocenters. The Bertz CT molecular complexity index is 652. The summed E-state index contributed by atoms with van der Waals surface area (Å²) in [5.41, 5.74) is 0.592. The number of unbranched alkanes of at least 4 members (excludes halogenated alkanes) is 1. The van der Waals surface area contributed by atoms with Crippen molar-refractivity contribution in [3.05, 3.63) is 24.0 Å². The Kier molecular flexibility index (Phi) is 3.82. The predicted molar refractivity (Wildman–Crippen MR) is 71.9 cm³/mol. The molecule has 0 radical (unpaired) electrons. The molecule has 0 bridgehead atoms. The number of hydrogen-bond donors (Lipinski definition) is 1. The van der Waals surface area contributed by atoms with Crippen molar-refractivity contribution in [2.75, 3.05) is 10.5 Å². The maximum absolute atomic E-state index is 13.0. The number of anilines is 1. The minimum absolute atomic E-state index is 0.0772. The third-order valence-electron chi connectivity index (χ3n) is 2.36. The van der Waals surface area contributed by atoms with E-state index in [4.69, 9.17) is 0 Å². The van der Waals surface area contributed by atoms with Crippen LogP contribution in [-0.4, -0.2) is 19.2 Å². The van der Waals surface area contributed by atoms with Gasteiger partial charge in [0, 0.05) is 0 Å². The van der Waals surface area contributed by atoms with Gasteiger partial charge in [0.1, 0.15) is 5.82 Å². The van der Waals surface area contributed by atoms with Crippen molar-refractivity contribution >= 4 is 36.7 Å². The second-order valence-electron chi connectivity index (χ2n) is 3.91. The summed E-state index contributed by atoms with van der Waals surface area (Å²) in [6, 6.07) is 4.18. The SMILES string of the molecule is CCCCS(=O)(=O)Nc1nc2ccc(F)cc2s1. The summed E-state index contributed by atoms with van der Waals surface area (Å²) in [7, 11) is -3.35. The van der Waals surface area contributed by atoms with Gasteiger partial charge in [0.2, 0.25) is 10.0 Å². The van der Waals surface area contributed by atoms with Gasteiger partial charge >= 0.3 is 0 Å². The quantitative estimate of drug-likeness (QED) is 0.920. The van der Waals surface area contributed by atoms with Gasteiger partial charge in [-0.25, -0.2) is 17.8 Å². The number of hydrogen-bond acceptors (Lipinski definition) is 4. The maximum Gasteiger partial charge on any atom is 0.234 e. The van der Waals surface area contributed by atoms with Crippen molar-refractivity contribution in [3.63, 3.8) is 0 Å². The van der Waals surface area contributed by atoms with E-state index in [1.165, 1.54) is 18.2 Å². The van der Waals surface area contributed by atoms with Gasteiger partial charge in [0.25, 0.3) is 0 Å². The molecule has 1 aromatic carbocycles. The smallest absolute Gasteiger partial charge is 0.234 e. The van der Waals surface area contributed by atoms with Gasteiger partial charge in [-0.1, -0.05) is 24.7 Å². The molecule has 0 aliphatic carbocycles. The number of benzene rings is 1. The Morgan fingerprint density at radius 3 is 2.94 bits per heavy atom. The molecule has 0 saturated carbocycles. The van der Waals surface area contributed by atoms with Crippen LogP contribution < -0.4 is 4.72 Å². The molecule has 4 nitrogen and oxygen atoms in total. The molecule has 2 rings (SSSR count). The van der Waals surface area contributed by atoms with Gasteiger partial charge in [0.05, 0.1) is 16.0 Å². The Labute approximate surface area is 109 Å². The van der Waals surface area contributed by atoms with Crippen LogP contribution in [0.1, 0.15) is 19.8 Å². The van der Waals surface area contributed by atoms with Crippen LogP contribution in [0.3, 0.4) is 0 Å². The van der Waals surface area contributed by atoms with E-state index in [9.17, 15) is 12.8 Å². The molecule has 18 heavy (non-hydrogen) atoms. The Morgan fingerprint density at radius 1 is 1.44 bits per heavy atom. The number of sulfonamides is 1. The van der Waals surface area contributed by atoms with E-state index in [1.807, 2.05) is 6.92 Å². The molecule has 0 unspecified atom stereocenters. The summed E-state index contributed by atoms with van der Waals surface area (Å²) in [6.07, 6.45) is 1.42. The minimum atomic E-state index is -3.35. The number of nitrogens with one attached hydrogen (secondary N) is 1. The Morgan fingerprint density at radius 2 is 2.22 bits per heavy atom. The van der Waals surface area contributed by atoms with Crippen molar-refractivity contribution in [3.8, 4) is 0 Å². The zero-order valence-corrected chi connectivity index (χ0v) is 11.4. The first kappa shape index (κ1) is 13.2. The van der Waals surface area contributed by atoms with Gasteiger partial charge in [-0.2, -0.15) is 0 Å². The fourth-order valence-electron chi connectivity index (χ4n) is 1.46. The minimum Gasteiger partial charge on any atom is -0.259 e. The molecule has 7 heteroatoms. The molecule has 0 fully saturated rings. The van der Waals surface area contributed by atoms with Crippen molar-refractivity contribution in [1.82, 2.24) is 4.98 Å². The fourth-order valence-corrected chi connectivity index (χ4v) is 3.83. The van der Waals surface area contributed by atoms with Gasteiger partial charge in [-0.3, -0.25) is 4.72 Å². The fraction of sp³-hybridized carbons (Fsp3) is 0.364. The molecule has 98 valence electrons. The molecule has 1 heterocycles. The van der Waals surface area contributed by atoms with Crippen LogP contribution in [-0.2, 0) is 10.0 Å². The second-order valence-corrected chi connectivity index (χ2v) is 6.78. The van der Waals surface area contributed by atoms with Gasteiger partial charge in [0.15, 0.2) is 5.13 Å². The summed E-state index contributed by atoms with van der Waals surface area (Å²) in [5.74, 6) is -0.278. The normalized spacial score (nSPS) is 11.9. The number of aromatic nitrogens is 1. The van der Waals surface area contributed by atoms with E-state index in [0.29, 0.717) is 16.6 Å². The van der Waals surface area contributed by atoms with E-state index >= 15 is 0 Å². The third kappa shape index (κ3) is 3.17. The summed E-state index contributed by atoms with van der Waals surface area (Å²) < 4.78 is 39.4. The average Bonchev–Trinajstić information content (AvgIpc) is 2.66. The van der Waals surface area contributed by atoms with Crippen molar-refractivity contribution in [2.24, 2.45) is 0 Å². The number of rotatable bonds is 5. The predicted octanol–water partition coefficient (Wildman–Crippen LogP) is 2.98. The summed E-state index contributed by atoms with van der Waals surface area (Å²) in [4.78, 5) is 4.11. The van der Waals surface area contributed by atoms with E-state index in [2.05, 4.69) is 9.71 Å². The van der Waals surface area contributed by atoms with Crippen molar-refractivity contribution in [1.29, 1.82) is 0 Å². The number of halogens is 1. The lowest BCUT2D eigenvalue weighted by atomic mass is 10.3. The van der Waals surface area contributed by atoms with E-state index in [-0.39, 0.29) is 16.7 Å². The summed E-state index contributed by atoms with van der Waals surface area (Å²) in [5, 5.41) is 0.284. The van der Waals surface area contributed by atoms with Crippen LogP contribution in [0.4, 0.5) is 9.52 Å². The number of thiazole rings is 1. The number of nitrogens with zero attached hydrogens (tertiary/aromatic N) is 1. The molecule has 2 aromatic rings. The Hall–Kier alpha value is -1.21. The highest BCUT2D eigenvalue weighted by Crippen LogP contribution is 2.27. The molecular formula is C11H13FN2O2S2. The Balaban J connectivity index is 2.22. The first-order chi connectivity index (χ1) is 8.50. The number of fused-ring (bicyclic) bond motifs is 1. The van der Waals surface area contributed by atoms with Crippen LogP contribution in [0.2, 0.25) is 0 Å². The summed E-state index contributed by atoms with van der Waals surface area (Å²) in [6.45, 7) is 1.93. The van der Waals surface area contributed by atoms with Crippen molar-refractivity contribution in [2.45, 2.75) is 19.8 Å². The van der Waals surface area contributed by atoms with Crippen LogP contribution in [0, 0.1) is 5.82 Å². The van der Waals surface area contributed by atoms with E-state index in [0.717, 1.165) is 17.8 Å². The van der Waals surface area contributed by atoms with Gasteiger partial charge in [-0.05, 0) is 24.6 Å². The molecule has 0 spiro atoms. The first-order valence-corrected chi connectivity index (χ1v) is 8.03. The molecule has 0 aliphatic heterocycles. The highest BCUT2D eigenvalue weighted by atomic mass is 32.2. The highest BCUT2D eigenvalue weighted by molar-refractivity contribution is 7.92. The molecular weight excluding hydrogens is 275 g/mol. The molecule has 0 saturated heterocycles. The third-order valence-corrected chi connectivity index (χ3v) is 4.75. The second kappa shape index (κ2) is 5.19.